The van der Waals surface area contributed by atoms with Crippen LogP contribution in [0, 0.1) is 12.7 Å². The van der Waals surface area contributed by atoms with Gasteiger partial charge in [0.2, 0.25) is 5.96 Å². The van der Waals surface area contributed by atoms with E-state index in [1.807, 2.05) is 42.8 Å². The van der Waals surface area contributed by atoms with Crippen molar-refractivity contribution in [1.29, 1.82) is 0 Å². The number of nitrogens with one attached hydrogen (secondary N) is 1. The molecule has 1 aromatic heterocycles. The second-order valence-electron chi connectivity index (χ2n) is 7.76. The molecule has 34 heavy (non-hydrogen) atoms. The van der Waals surface area contributed by atoms with Crippen LogP contribution in [0.1, 0.15) is 29.8 Å². The Kier molecular flexibility index (Phi) is 6.74. The quantitative estimate of drug-likeness (QED) is 0.525. The van der Waals surface area contributed by atoms with Crippen molar-refractivity contribution in [3.05, 3.63) is 83.3 Å². The molecule has 1 saturated heterocycles. The fourth-order valence-electron chi connectivity index (χ4n) is 3.85. The van der Waals surface area contributed by atoms with Crippen LogP contribution in [0.25, 0.3) is 11.8 Å². The van der Waals surface area contributed by atoms with Crippen LogP contribution >= 0.6 is 0 Å². The number of aliphatic imine (C=N–C) groups is 1. The molecule has 0 radical (unpaired) electrons. The number of aromatic nitrogens is 2. The van der Waals surface area contributed by atoms with Crippen LogP contribution in [-0.2, 0) is 4.79 Å². The number of rotatable bonds is 7. The predicted molar refractivity (Wildman–Crippen MR) is 127 cm³/mol. The zero-order valence-corrected chi connectivity index (χ0v) is 19.2. The van der Waals surface area contributed by atoms with E-state index in [2.05, 4.69) is 15.3 Å². The molecule has 176 valence electrons. The average molecular weight is 464 g/mol. The topological polar surface area (TPSA) is 92.0 Å². The van der Waals surface area contributed by atoms with E-state index in [4.69, 9.17) is 4.74 Å². The predicted octanol–water partition coefficient (Wildman–Crippen LogP) is 3.21. The smallest absolute Gasteiger partial charge is 0.277 e. The SMILES string of the molecule is CCN=C1NC(=Cc2ccc(-n3cnc(C)c3)c(OC)c2)C(=O)N1[C@@H](CO)c1ccc(F)cc1. The number of hydrogen-bond donors (Lipinski definition) is 2. The molecule has 9 heteroatoms. The molecular formula is C25H26FN5O3. The number of halogens is 1. The van der Waals surface area contributed by atoms with Crippen LogP contribution in [0.3, 0.4) is 0 Å². The molecular weight excluding hydrogens is 437 g/mol. The summed E-state index contributed by atoms with van der Waals surface area (Å²) < 4.78 is 20.8. The van der Waals surface area contributed by atoms with Gasteiger partial charge in [0.1, 0.15) is 17.3 Å². The number of nitrogens with zero attached hydrogens (tertiary/aromatic N) is 4. The van der Waals surface area contributed by atoms with Gasteiger partial charge in [0, 0.05) is 12.7 Å². The minimum absolute atomic E-state index is 0.307. The highest BCUT2D eigenvalue weighted by atomic mass is 19.1. The zero-order valence-electron chi connectivity index (χ0n) is 19.2. The molecule has 1 fully saturated rings. The standard InChI is InChI=1S/C25H26FN5O3/c1-4-27-25-29-20(24(33)31(25)22(14-32)18-6-8-19(26)9-7-18)11-17-5-10-21(23(12-17)34-3)30-13-16(2)28-15-30/h5-13,15,22,32H,4,14H2,1-3H3,(H,27,29)/t22-/m0/s1. The Balaban J connectivity index is 1.68. The van der Waals surface area contributed by atoms with Gasteiger partial charge < -0.3 is 19.7 Å². The first kappa shape index (κ1) is 23.2. The highest BCUT2D eigenvalue weighted by molar-refractivity contribution is 6.15. The third-order valence-electron chi connectivity index (χ3n) is 5.48. The van der Waals surface area contributed by atoms with Crippen molar-refractivity contribution in [3.63, 3.8) is 0 Å². The molecule has 2 aromatic carbocycles. The summed E-state index contributed by atoms with van der Waals surface area (Å²) in [7, 11) is 1.58. The van der Waals surface area contributed by atoms with Gasteiger partial charge in [-0.3, -0.25) is 14.7 Å². The Morgan fingerprint density at radius 2 is 2.03 bits per heavy atom. The van der Waals surface area contributed by atoms with Gasteiger partial charge in [-0.2, -0.15) is 0 Å². The molecule has 3 aromatic rings. The molecule has 0 bridgehead atoms. The third kappa shape index (κ3) is 4.55. The van der Waals surface area contributed by atoms with Gasteiger partial charge in [0.15, 0.2) is 0 Å². The van der Waals surface area contributed by atoms with Crippen molar-refractivity contribution in [1.82, 2.24) is 19.8 Å². The summed E-state index contributed by atoms with van der Waals surface area (Å²) in [5.74, 6) is 0.220. The van der Waals surface area contributed by atoms with E-state index in [1.165, 1.54) is 17.0 Å². The normalized spacial score (nSPS) is 16.9. The number of ether oxygens (including phenoxy) is 1. The summed E-state index contributed by atoms with van der Waals surface area (Å²) in [5.41, 5.74) is 3.36. The summed E-state index contributed by atoms with van der Waals surface area (Å²) in [4.78, 5) is 23.4. The zero-order chi connectivity index (χ0) is 24.2. The third-order valence-corrected chi connectivity index (χ3v) is 5.48. The van der Waals surface area contributed by atoms with Crippen molar-refractivity contribution >= 4 is 17.9 Å². The molecule has 0 saturated carbocycles. The summed E-state index contributed by atoms with van der Waals surface area (Å²) in [6.45, 7) is 3.86. The Morgan fingerprint density at radius 1 is 1.26 bits per heavy atom. The van der Waals surface area contributed by atoms with Crippen LogP contribution < -0.4 is 10.1 Å². The Hall–Kier alpha value is -3.98. The average Bonchev–Trinajstić information content (AvgIpc) is 3.39. The number of aliphatic hydroxyl groups is 1. The number of guanidine groups is 1. The van der Waals surface area contributed by atoms with Crippen LogP contribution in [0.15, 0.2) is 65.7 Å². The van der Waals surface area contributed by atoms with Gasteiger partial charge in [-0.15, -0.1) is 0 Å². The molecule has 0 aliphatic carbocycles. The number of aryl methyl sites for hydroxylation is 1. The van der Waals surface area contributed by atoms with Crippen molar-refractivity contribution < 1.29 is 19.0 Å². The first-order valence-corrected chi connectivity index (χ1v) is 10.9. The second-order valence-corrected chi connectivity index (χ2v) is 7.76. The fourth-order valence-corrected chi connectivity index (χ4v) is 3.85. The lowest BCUT2D eigenvalue weighted by Crippen LogP contribution is -2.38. The van der Waals surface area contributed by atoms with Crippen molar-refractivity contribution in [2.75, 3.05) is 20.3 Å². The molecule has 1 aliphatic rings. The number of carbonyl (C=O) groups is 1. The summed E-state index contributed by atoms with van der Waals surface area (Å²) in [6, 6.07) is 10.6. The highest BCUT2D eigenvalue weighted by Gasteiger charge is 2.37. The van der Waals surface area contributed by atoms with E-state index in [9.17, 15) is 14.3 Å². The number of aliphatic hydroxyl groups excluding tert-OH is 1. The Bertz CT molecular complexity index is 1250. The van der Waals surface area contributed by atoms with Crippen molar-refractivity contribution in [2.24, 2.45) is 4.99 Å². The summed E-state index contributed by atoms with van der Waals surface area (Å²) in [5, 5.41) is 13.2. The summed E-state index contributed by atoms with van der Waals surface area (Å²) in [6.07, 6.45) is 5.31. The molecule has 8 nitrogen and oxygen atoms in total. The van der Waals surface area contributed by atoms with Crippen LogP contribution in [0.2, 0.25) is 0 Å². The Labute approximate surface area is 197 Å². The maximum atomic E-state index is 13.4. The number of imidazole rings is 1. The van der Waals surface area contributed by atoms with Gasteiger partial charge in [0.05, 0.1) is 37.5 Å². The number of methoxy groups -OCH3 is 1. The minimum Gasteiger partial charge on any atom is -0.495 e. The largest absolute Gasteiger partial charge is 0.495 e. The minimum atomic E-state index is -0.710. The van der Waals surface area contributed by atoms with E-state index in [0.29, 0.717) is 29.5 Å². The molecule has 0 unspecified atom stereocenters. The van der Waals surface area contributed by atoms with Crippen LogP contribution in [0.4, 0.5) is 4.39 Å². The maximum absolute atomic E-state index is 13.4. The molecule has 2 N–H and O–H groups in total. The van der Waals surface area contributed by atoms with Gasteiger partial charge in [0.25, 0.3) is 5.91 Å². The van der Waals surface area contributed by atoms with E-state index < -0.39 is 11.9 Å². The number of carbonyl (C=O) groups excluding carboxylic acids is 1. The Morgan fingerprint density at radius 3 is 2.65 bits per heavy atom. The van der Waals surface area contributed by atoms with Crippen LogP contribution in [-0.4, -0.2) is 51.7 Å². The first-order chi connectivity index (χ1) is 16.4. The van der Waals surface area contributed by atoms with Gasteiger partial charge in [-0.25, -0.2) is 9.37 Å². The lowest BCUT2D eigenvalue weighted by Gasteiger charge is -2.25. The second kappa shape index (κ2) is 9.88. The molecule has 4 rings (SSSR count). The maximum Gasteiger partial charge on any atom is 0.277 e. The molecule has 1 atom stereocenters. The molecule has 0 spiro atoms. The van der Waals surface area contributed by atoms with E-state index in [0.717, 1.165) is 16.9 Å². The van der Waals surface area contributed by atoms with E-state index >= 15 is 0 Å². The monoisotopic (exact) mass is 463 g/mol. The lowest BCUT2D eigenvalue weighted by atomic mass is 10.1. The summed E-state index contributed by atoms with van der Waals surface area (Å²) >= 11 is 0. The van der Waals surface area contributed by atoms with Gasteiger partial charge in [-0.1, -0.05) is 18.2 Å². The molecule has 1 amide bonds. The highest BCUT2D eigenvalue weighted by Crippen LogP contribution is 2.29. The van der Waals surface area contributed by atoms with Gasteiger partial charge >= 0.3 is 0 Å². The van der Waals surface area contributed by atoms with E-state index in [-0.39, 0.29) is 12.5 Å². The number of amides is 1. The fraction of sp³-hybridized carbons (Fsp3) is 0.240. The lowest BCUT2D eigenvalue weighted by molar-refractivity contribution is -0.124. The number of benzene rings is 2. The molecule has 2 heterocycles. The van der Waals surface area contributed by atoms with Crippen molar-refractivity contribution in [3.8, 4) is 11.4 Å². The molecule has 1 aliphatic heterocycles. The van der Waals surface area contributed by atoms with Crippen molar-refractivity contribution in [2.45, 2.75) is 19.9 Å². The first-order valence-electron chi connectivity index (χ1n) is 10.9. The van der Waals surface area contributed by atoms with E-state index in [1.54, 1.807) is 31.6 Å². The number of hydrogen-bond acceptors (Lipinski definition) is 5. The van der Waals surface area contributed by atoms with Gasteiger partial charge in [-0.05, 0) is 55.3 Å². The van der Waals surface area contributed by atoms with Crippen LogP contribution in [0.5, 0.6) is 5.75 Å².